The molecule has 0 saturated heterocycles. The molecule has 0 amide bonds. The lowest BCUT2D eigenvalue weighted by atomic mass is 10.0. The third-order valence-electron chi connectivity index (χ3n) is 2.26. The normalized spacial score (nSPS) is 14.5. The third kappa shape index (κ3) is 4.91. The van der Waals surface area contributed by atoms with Crippen LogP contribution in [-0.2, 0) is 10.0 Å². The molecule has 18 heavy (non-hydrogen) atoms. The number of hydrogen-bond donors (Lipinski definition) is 2. The Bertz CT molecular complexity index is 489. The zero-order valence-corrected chi connectivity index (χ0v) is 13.1. The van der Waals surface area contributed by atoms with Gasteiger partial charge in [-0.05, 0) is 19.4 Å². The maximum Gasteiger partial charge on any atom is 0.235 e. The van der Waals surface area contributed by atoms with E-state index in [9.17, 15) is 8.42 Å². The smallest absolute Gasteiger partial charge is 0.235 e. The molecule has 1 rings (SSSR count). The van der Waals surface area contributed by atoms with Crippen molar-refractivity contribution in [3.05, 3.63) is 11.1 Å². The molecule has 0 aliphatic carbocycles. The number of anilines is 1. The highest BCUT2D eigenvalue weighted by molar-refractivity contribution is 7.92. The minimum Gasteiger partial charge on any atom is -0.312 e. The third-order valence-corrected chi connectivity index (χ3v) is 4.92. The van der Waals surface area contributed by atoms with Gasteiger partial charge in [0.05, 0.1) is 11.4 Å². The topological polar surface area (TPSA) is 71.1 Å². The zero-order chi connectivity index (χ0) is 14.0. The summed E-state index contributed by atoms with van der Waals surface area (Å²) in [6.45, 7) is 7.65. The predicted molar refractivity (Wildman–Crippen MR) is 76.5 cm³/mol. The molecule has 5 nitrogen and oxygen atoms in total. The van der Waals surface area contributed by atoms with Gasteiger partial charge in [-0.1, -0.05) is 20.8 Å². The molecule has 0 radical (unpaired) electrons. The number of hydrogen-bond acceptors (Lipinski definition) is 5. The van der Waals surface area contributed by atoms with Gasteiger partial charge in [-0.25, -0.2) is 13.4 Å². The second-order valence-corrected chi connectivity index (χ2v) is 8.09. The Labute approximate surface area is 113 Å². The zero-order valence-electron chi connectivity index (χ0n) is 11.4. The van der Waals surface area contributed by atoms with E-state index in [0.29, 0.717) is 5.13 Å². The van der Waals surface area contributed by atoms with Gasteiger partial charge in [0.15, 0.2) is 5.13 Å². The molecule has 2 N–H and O–H groups in total. The molecule has 1 aromatic rings. The number of rotatable bonds is 5. The molecule has 0 aliphatic rings. The maximum absolute atomic E-state index is 11.9. The van der Waals surface area contributed by atoms with E-state index in [1.54, 1.807) is 0 Å². The number of sulfonamides is 1. The minimum absolute atomic E-state index is 0.0799. The van der Waals surface area contributed by atoms with Gasteiger partial charge in [0.2, 0.25) is 10.0 Å². The summed E-state index contributed by atoms with van der Waals surface area (Å²) in [6.07, 6.45) is 0. The lowest BCUT2D eigenvalue weighted by molar-refractivity contribution is 0.463. The Morgan fingerprint density at radius 2 is 2.06 bits per heavy atom. The summed E-state index contributed by atoms with van der Waals surface area (Å²) >= 11 is 1.30. The molecule has 7 heteroatoms. The summed E-state index contributed by atoms with van der Waals surface area (Å²) in [5.74, 6) is 0.0799. The van der Waals surface area contributed by atoms with Crippen molar-refractivity contribution >= 4 is 26.5 Å². The van der Waals surface area contributed by atoms with Crippen LogP contribution in [0.1, 0.15) is 39.4 Å². The molecule has 0 fully saturated rings. The maximum atomic E-state index is 11.9. The molecule has 1 atom stereocenters. The molecule has 1 heterocycles. The Morgan fingerprint density at radius 3 is 2.56 bits per heavy atom. The summed E-state index contributed by atoms with van der Waals surface area (Å²) in [6, 6.07) is 0.113. The fraction of sp³-hybridized carbons (Fsp3) is 0.727. The van der Waals surface area contributed by atoms with E-state index in [-0.39, 0.29) is 17.2 Å². The first kappa shape index (κ1) is 15.4. The highest BCUT2D eigenvalue weighted by Gasteiger charge is 2.22. The van der Waals surface area contributed by atoms with Crippen LogP contribution in [0.3, 0.4) is 0 Å². The van der Waals surface area contributed by atoms with Crippen molar-refractivity contribution in [1.29, 1.82) is 0 Å². The van der Waals surface area contributed by atoms with Crippen molar-refractivity contribution in [3.63, 3.8) is 0 Å². The SMILES string of the molecule is CNC(C)c1csc(NS(=O)(=O)CC(C)(C)C)n1. The number of thiazole rings is 1. The van der Waals surface area contributed by atoms with Crippen LogP contribution >= 0.6 is 11.3 Å². The summed E-state index contributed by atoms with van der Waals surface area (Å²) < 4.78 is 26.3. The summed E-state index contributed by atoms with van der Waals surface area (Å²) in [4.78, 5) is 4.26. The van der Waals surface area contributed by atoms with Crippen molar-refractivity contribution in [2.75, 3.05) is 17.5 Å². The highest BCUT2D eigenvalue weighted by Crippen LogP contribution is 2.23. The fourth-order valence-electron chi connectivity index (χ4n) is 1.42. The molecule has 0 aliphatic heterocycles. The molecule has 0 bridgehead atoms. The van der Waals surface area contributed by atoms with Crippen LogP contribution < -0.4 is 10.0 Å². The van der Waals surface area contributed by atoms with Crippen LogP contribution in [0.15, 0.2) is 5.38 Å². The van der Waals surface area contributed by atoms with Crippen LogP contribution in [0, 0.1) is 5.41 Å². The van der Waals surface area contributed by atoms with Crippen molar-refractivity contribution in [2.45, 2.75) is 33.7 Å². The van der Waals surface area contributed by atoms with E-state index < -0.39 is 10.0 Å². The van der Waals surface area contributed by atoms with Gasteiger partial charge < -0.3 is 5.32 Å². The number of nitrogens with one attached hydrogen (secondary N) is 2. The average molecular weight is 291 g/mol. The molecule has 0 saturated carbocycles. The Balaban J connectivity index is 2.76. The van der Waals surface area contributed by atoms with E-state index in [4.69, 9.17) is 0 Å². The Kier molecular flexibility index (Phi) is 4.74. The Hall–Kier alpha value is -0.660. The highest BCUT2D eigenvalue weighted by atomic mass is 32.2. The first-order chi connectivity index (χ1) is 8.13. The van der Waals surface area contributed by atoms with E-state index in [1.165, 1.54) is 11.3 Å². The lowest BCUT2D eigenvalue weighted by Gasteiger charge is -2.17. The van der Waals surface area contributed by atoms with Gasteiger partial charge in [0.1, 0.15) is 0 Å². The van der Waals surface area contributed by atoms with Crippen LogP contribution in [0.25, 0.3) is 0 Å². The quantitative estimate of drug-likeness (QED) is 0.872. The van der Waals surface area contributed by atoms with Gasteiger partial charge in [0.25, 0.3) is 0 Å². The standard InChI is InChI=1S/C11H21N3O2S2/c1-8(12-5)9-6-17-10(13-9)14-18(15,16)7-11(2,3)4/h6,8,12H,7H2,1-5H3,(H,13,14). The van der Waals surface area contributed by atoms with Gasteiger partial charge in [-0.3, -0.25) is 4.72 Å². The summed E-state index contributed by atoms with van der Waals surface area (Å²) in [7, 11) is -1.49. The first-order valence-electron chi connectivity index (χ1n) is 5.76. The number of nitrogens with zero attached hydrogens (tertiary/aromatic N) is 1. The average Bonchev–Trinajstić information content (AvgIpc) is 2.60. The fourth-order valence-corrected chi connectivity index (χ4v) is 4.16. The summed E-state index contributed by atoms with van der Waals surface area (Å²) in [5, 5.41) is 5.35. The van der Waals surface area contributed by atoms with E-state index >= 15 is 0 Å². The number of aromatic nitrogens is 1. The first-order valence-corrected chi connectivity index (χ1v) is 8.29. The van der Waals surface area contributed by atoms with Crippen molar-refractivity contribution in [1.82, 2.24) is 10.3 Å². The lowest BCUT2D eigenvalue weighted by Crippen LogP contribution is -2.26. The van der Waals surface area contributed by atoms with Gasteiger partial charge >= 0.3 is 0 Å². The molecule has 1 unspecified atom stereocenters. The van der Waals surface area contributed by atoms with Gasteiger partial charge in [-0.15, -0.1) is 11.3 Å². The van der Waals surface area contributed by atoms with Crippen molar-refractivity contribution in [2.24, 2.45) is 5.41 Å². The molecule has 1 aromatic heterocycles. The summed E-state index contributed by atoms with van der Waals surface area (Å²) in [5.41, 5.74) is 0.570. The largest absolute Gasteiger partial charge is 0.312 e. The van der Waals surface area contributed by atoms with Crippen LogP contribution in [-0.4, -0.2) is 26.2 Å². The van der Waals surface area contributed by atoms with E-state index in [1.807, 2.05) is 40.1 Å². The Morgan fingerprint density at radius 1 is 1.44 bits per heavy atom. The van der Waals surface area contributed by atoms with Crippen LogP contribution in [0.5, 0.6) is 0 Å². The van der Waals surface area contributed by atoms with Crippen molar-refractivity contribution in [3.8, 4) is 0 Å². The van der Waals surface area contributed by atoms with E-state index in [2.05, 4.69) is 15.0 Å². The molecule has 0 aromatic carbocycles. The van der Waals surface area contributed by atoms with Gasteiger partial charge in [-0.2, -0.15) is 0 Å². The molecular formula is C11H21N3O2S2. The second kappa shape index (κ2) is 5.54. The molecule has 0 spiro atoms. The van der Waals surface area contributed by atoms with E-state index in [0.717, 1.165) is 5.69 Å². The predicted octanol–water partition coefficient (Wildman–Crippen LogP) is 2.21. The second-order valence-electron chi connectivity index (χ2n) is 5.51. The van der Waals surface area contributed by atoms with Crippen LogP contribution in [0.2, 0.25) is 0 Å². The monoisotopic (exact) mass is 291 g/mol. The van der Waals surface area contributed by atoms with Crippen LogP contribution in [0.4, 0.5) is 5.13 Å². The van der Waals surface area contributed by atoms with Crippen molar-refractivity contribution < 1.29 is 8.42 Å². The minimum atomic E-state index is -3.33. The molecular weight excluding hydrogens is 270 g/mol. The molecule has 104 valence electrons. The van der Waals surface area contributed by atoms with Gasteiger partial charge in [0, 0.05) is 11.4 Å².